The summed E-state index contributed by atoms with van der Waals surface area (Å²) in [5, 5.41) is 14.7. The number of rotatable bonds is 3. The Balaban J connectivity index is 1.85. The molecular weight excluding hydrogens is 252 g/mol. The number of aromatic nitrogens is 2. The summed E-state index contributed by atoms with van der Waals surface area (Å²) in [5.74, 6) is 0.780. The first-order chi connectivity index (χ1) is 9.67. The van der Waals surface area contributed by atoms with Gasteiger partial charge in [0.15, 0.2) is 0 Å². The third-order valence-electron chi connectivity index (χ3n) is 3.71. The van der Waals surface area contributed by atoms with E-state index in [1.807, 2.05) is 42.2 Å². The minimum absolute atomic E-state index is 0.120. The molecule has 1 aliphatic rings. The van der Waals surface area contributed by atoms with Crippen LogP contribution >= 0.6 is 0 Å². The van der Waals surface area contributed by atoms with E-state index in [2.05, 4.69) is 12.0 Å². The van der Waals surface area contributed by atoms with Gasteiger partial charge in [-0.2, -0.15) is 5.10 Å². The molecule has 0 amide bonds. The van der Waals surface area contributed by atoms with Gasteiger partial charge in [0.1, 0.15) is 11.9 Å². The molecule has 2 heterocycles. The fraction of sp³-hybridized carbons (Fsp3) is 0.438. The van der Waals surface area contributed by atoms with Crippen molar-refractivity contribution in [1.29, 1.82) is 0 Å². The topological polar surface area (TPSA) is 47.3 Å². The Hall–Kier alpha value is -1.81. The van der Waals surface area contributed by atoms with Crippen molar-refractivity contribution in [2.45, 2.75) is 45.4 Å². The summed E-state index contributed by atoms with van der Waals surface area (Å²) in [5.41, 5.74) is 3.06. The van der Waals surface area contributed by atoms with Crippen LogP contribution < -0.4 is 4.74 Å². The Morgan fingerprint density at radius 3 is 3.10 bits per heavy atom. The first-order valence-electron chi connectivity index (χ1n) is 7.15. The number of aryl methyl sites for hydroxylation is 2. The normalized spacial score (nSPS) is 21.4. The lowest BCUT2D eigenvalue weighted by molar-refractivity contribution is 0.0656. The van der Waals surface area contributed by atoms with Crippen LogP contribution in [-0.4, -0.2) is 14.9 Å². The predicted molar refractivity (Wildman–Crippen MR) is 76.6 cm³/mol. The van der Waals surface area contributed by atoms with Crippen molar-refractivity contribution in [3.63, 3.8) is 0 Å². The maximum absolute atomic E-state index is 10.3. The van der Waals surface area contributed by atoms with E-state index >= 15 is 0 Å². The number of fused-ring (bicyclic) bond motifs is 1. The summed E-state index contributed by atoms with van der Waals surface area (Å²) in [4.78, 5) is 0. The molecule has 0 fully saturated rings. The molecule has 4 nitrogen and oxygen atoms in total. The molecule has 106 valence electrons. The van der Waals surface area contributed by atoms with E-state index in [4.69, 9.17) is 4.74 Å². The molecule has 1 aromatic heterocycles. The molecule has 4 heteroatoms. The van der Waals surface area contributed by atoms with Crippen LogP contribution in [0.2, 0.25) is 0 Å². The number of ether oxygens (including phenoxy) is 1. The van der Waals surface area contributed by atoms with Gasteiger partial charge in [-0.1, -0.05) is 18.6 Å². The summed E-state index contributed by atoms with van der Waals surface area (Å²) >= 11 is 0. The van der Waals surface area contributed by atoms with E-state index in [-0.39, 0.29) is 6.10 Å². The van der Waals surface area contributed by atoms with Crippen LogP contribution in [0.15, 0.2) is 30.6 Å². The van der Waals surface area contributed by atoms with Crippen LogP contribution in [0.3, 0.4) is 0 Å². The number of hydrogen-bond acceptors (Lipinski definition) is 3. The predicted octanol–water partition coefficient (Wildman–Crippen LogP) is 3.16. The molecule has 1 aromatic carbocycles. The van der Waals surface area contributed by atoms with Crippen molar-refractivity contribution in [1.82, 2.24) is 9.78 Å². The van der Waals surface area contributed by atoms with Gasteiger partial charge in [-0.3, -0.25) is 4.68 Å². The highest BCUT2D eigenvalue weighted by molar-refractivity contribution is 5.40. The van der Waals surface area contributed by atoms with Crippen molar-refractivity contribution in [3.8, 4) is 5.75 Å². The Labute approximate surface area is 119 Å². The van der Waals surface area contributed by atoms with Crippen LogP contribution in [0.25, 0.3) is 0 Å². The third-order valence-corrected chi connectivity index (χ3v) is 3.71. The molecule has 1 N–H and O–H groups in total. The number of nitrogens with zero attached hydrogens (tertiary/aromatic N) is 2. The summed E-state index contributed by atoms with van der Waals surface area (Å²) in [6, 6.07) is 5.95. The Morgan fingerprint density at radius 1 is 1.45 bits per heavy atom. The standard InChI is InChI=1S/C16H20N2O2/c1-3-6-18-10-12(9-17-18)16-8-14(19)13-7-11(2)4-5-15(13)20-16/h4-5,7,9-10,14,16,19H,3,6,8H2,1-2H3. The van der Waals surface area contributed by atoms with E-state index in [0.717, 1.165) is 35.4 Å². The van der Waals surface area contributed by atoms with E-state index < -0.39 is 6.10 Å². The van der Waals surface area contributed by atoms with E-state index in [9.17, 15) is 5.11 Å². The molecule has 0 aliphatic carbocycles. The molecule has 2 aromatic rings. The Bertz CT molecular complexity index is 606. The van der Waals surface area contributed by atoms with Gasteiger partial charge >= 0.3 is 0 Å². The Morgan fingerprint density at radius 2 is 2.30 bits per heavy atom. The highest BCUT2D eigenvalue weighted by Crippen LogP contribution is 2.40. The van der Waals surface area contributed by atoms with Gasteiger partial charge in [0, 0.05) is 30.3 Å². The lowest BCUT2D eigenvalue weighted by atomic mass is 9.95. The maximum atomic E-state index is 10.3. The number of aliphatic hydroxyl groups excluding tert-OH is 1. The third kappa shape index (κ3) is 2.43. The average Bonchev–Trinajstić information content (AvgIpc) is 2.88. The molecular formula is C16H20N2O2. The molecule has 0 saturated heterocycles. The summed E-state index contributed by atoms with van der Waals surface area (Å²) in [7, 11) is 0. The zero-order valence-electron chi connectivity index (χ0n) is 11.9. The second kappa shape index (κ2) is 5.29. The Kier molecular flexibility index (Phi) is 3.49. The molecule has 0 radical (unpaired) electrons. The van der Waals surface area contributed by atoms with Gasteiger partial charge < -0.3 is 9.84 Å². The molecule has 2 unspecified atom stereocenters. The van der Waals surface area contributed by atoms with Gasteiger partial charge in [-0.15, -0.1) is 0 Å². The maximum Gasteiger partial charge on any atom is 0.130 e. The van der Waals surface area contributed by atoms with Crippen molar-refractivity contribution >= 4 is 0 Å². The minimum atomic E-state index is -0.474. The lowest BCUT2D eigenvalue weighted by Gasteiger charge is -2.29. The van der Waals surface area contributed by atoms with Crippen LogP contribution in [0.4, 0.5) is 0 Å². The second-order valence-electron chi connectivity index (χ2n) is 5.44. The monoisotopic (exact) mass is 272 g/mol. The highest BCUT2D eigenvalue weighted by Gasteiger charge is 2.28. The first kappa shape index (κ1) is 13.2. The number of hydrogen-bond donors (Lipinski definition) is 1. The van der Waals surface area contributed by atoms with Crippen molar-refractivity contribution in [2.75, 3.05) is 0 Å². The molecule has 0 spiro atoms. The smallest absolute Gasteiger partial charge is 0.130 e. The van der Waals surface area contributed by atoms with Crippen molar-refractivity contribution in [2.24, 2.45) is 0 Å². The van der Waals surface area contributed by atoms with Gasteiger partial charge in [0.2, 0.25) is 0 Å². The van der Waals surface area contributed by atoms with Crippen molar-refractivity contribution in [3.05, 3.63) is 47.3 Å². The number of benzene rings is 1. The molecule has 0 saturated carbocycles. The number of aliphatic hydroxyl groups is 1. The minimum Gasteiger partial charge on any atom is -0.485 e. The van der Waals surface area contributed by atoms with Crippen LogP contribution in [0.1, 0.15) is 48.7 Å². The van der Waals surface area contributed by atoms with Gasteiger partial charge in [-0.05, 0) is 25.5 Å². The van der Waals surface area contributed by atoms with E-state index in [1.165, 1.54) is 0 Å². The lowest BCUT2D eigenvalue weighted by Crippen LogP contribution is -2.18. The summed E-state index contributed by atoms with van der Waals surface area (Å²) in [6.07, 6.45) is 4.89. The molecule has 1 aliphatic heterocycles. The second-order valence-corrected chi connectivity index (χ2v) is 5.44. The van der Waals surface area contributed by atoms with Gasteiger partial charge in [-0.25, -0.2) is 0 Å². The fourth-order valence-electron chi connectivity index (χ4n) is 2.67. The van der Waals surface area contributed by atoms with Gasteiger partial charge in [0.25, 0.3) is 0 Å². The quantitative estimate of drug-likeness (QED) is 0.933. The first-order valence-corrected chi connectivity index (χ1v) is 7.15. The molecule has 0 bridgehead atoms. The summed E-state index contributed by atoms with van der Waals surface area (Å²) < 4.78 is 7.95. The zero-order chi connectivity index (χ0) is 14.1. The SMILES string of the molecule is CCCn1cc(C2CC(O)c3cc(C)ccc3O2)cn1. The van der Waals surface area contributed by atoms with E-state index in [1.54, 1.807) is 0 Å². The largest absolute Gasteiger partial charge is 0.485 e. The van der Waals surface area contributed by atoms with Crippen LogP contribution in [0, 0.1) is 6.92 Å². The van der Waals surface area contributed by atoms with Crippen molar-refractivity contribution < 1.29 is 9.84 Å². The van der Waals surface area contributed by atoms with Crippen LogP contribution in [-0.2, 0) is 6.54 Å². The molecule has 20 heavy (non-hydrogen) atoms. The van der Waals surface area contributed by atoms with Gasteiger partial charge in [0.05, 0.1) is 12.3 Å². The van der Waals surface area contributed by atoms with Crippen LogP contribution in [0.5, 0.6) is 5.75 Å². The summed E-state index contributed by atoms with van der Waals surface area (Å²) in [6.45, 7) is 5.06. The average molecular weight is 272 g/mol. The fourth-order valence-corrected chi connectivity index (χ4v) is 2.67. The highest BCUT2D eigenvalue weighted by atomic mass is 16.5. The van der Waals surface area contributed by atoms with E-state index in [0.29, 0.717) is 6.42 Å². The molecule has 2 atom stereocenters. The molecule has 3 rings (SSSR count). The zero-order valence-corrected chi connectivity index (χ0v) is 11.9.